The summed E-state index contributed by atoms with van der Waals surface area (Å²) >= 11 is 1.55. The molecule has 0 unspecified atom stereocenters. The van der Waals surface area contributed by atoms with Crippen LogP contribution in [0.5, 0.6) is 0 Å². The van der Waals surface area contributed by atoms with Crippen LogP contribution >= 0.6 is 11.3 Å². The van der Waals surface area contributed by atoms with Crippen LogP contribution in [0.25, 0.3) is 5.82 Å². The molecule has 4 nitrogen and oxygen atoms in total. The standard InChI is InChI=1S/C26H20F3N3OS/c1-16-7-12-22(34-16)23-19(15-30)25(31-13-2-3-14-31)32(20-5-4-6-21(33)24(20)23)18-10-8-17(9-11-18)26(27,28)29/h2-3,7-14,23H,4-6H2,1H3/t23-/m1/s1. The molecule has 0 saturated carbocycles. The number of nitrogens with zero attached hydrogens (tertiary/aromatic N) is 3. The molecule has 0 N–H and O–H groups in total. The van der Waals surface area contributed by atoms with E-state index in [2.05, 4.69) is 6.07 Å². The third kappa shape index (κ3) is 3.66. The van der Waals surface area contributed by atoms with E-state index in [4.69, 9.17) is 0 Å². The van der Waals surface area contributed by atoms with Gasteiger partial charge in [0.05, 0.1) is 23.1 Å². The fraction of sp³-hybridized carbons (Fsp3) is 0.231. The van der Waals surface area contributed by atoms with Gasteiger partial charge in [0.2, 0.25) is 0 Å². The van der Waals surface area contributed by atoms with E-state index in [1.165, 1.54) is 12.1 Å². The molecule has 1 aliphatic heterocycles. The van der Waals surface area contributed by atoms with Gasteiger partial charge in [-0.3, -0.25) is 9.69 Å². The van der Waals surface area contributed by atoms with E-state index in [0.29, 0.717) is 41.9 Å². The number of Topliss-reactive ketones (excluding diaryl/α,β-unsaturated/α-hetero) is 1. The van der Waals surface area contributed by atoms with Gasteiger partial charge in [-0.05, 0) is 68.3 Å². The van der Waals surface area contributed by atoms with Crippen LogP contribution in [0.4, 0.5) is 18.9 Å². The molecule has 0 fully saturated rings. The SMILES string of the molecule is Cc1ccc([C@H]2C(C#N)=C(n3cccc3)N(c3ccc(C(F)(F)F)cc3)C3=C2C(=O)CCC3)s1. The van der Waals surface area contributed by atoms with Gasteiger partial charge in [0.25, 0.3) is 0 Å². The van der Waals surface area contributed by atoms with Crippen LogP contribution in [-0.2, 0) is 11.0 Å². The van der Waals surface area contributed by atoms with Crippen LogP contribution in [0, 0.1) is 18.3 Å². The van der Waals surface area contributed by atoms with Crippen molar-refractivity contribution in [3.8, 4) is 6.07 Å². The summed E-state index contributed by atoms with van der Waals surface area (Å²) in [7, 11) is 0. The predicted molar refractivity (Wildman–Crippen MR) is 125 cm³/mol. The van der Waals surface area contributed by atoms with Crippen LogP contribution in [-0.4, -0.2) is 10.4 Å². The molecule has 3 aromatic rings. The quantitative estimate of drug-likeness (QED) is 0.411. The van der Waals surface area contributed by atoms with Crippen LogP contribution < -0.4 is 4.90 Å². The molecule has 2 aromatic heterocycles. The Kier molecular flexibility index (Phi) is 5.45. The molecular formula is C26H20F3N3OS. The summed E-state index contributed by atoms with van der Waals surface area (Å²) in [6.45, 7) is 1.98. The van der Waals surface area contributed by atoms with Gasteiger partial charge >= 0.3 is 6.18 Å². The lowest BCUT2D eigenvalue weighted by Gasteiger charge is -2.41. The van der Waals surface area contributed by atoms with Gasteiger partial charge in [0.1, 0.15) is 5.82 Å². The van der Waals surface area contributed by atoms with Gasteiger partial charge in [-0.1, -0.05) is 0 Å². The average Bonchev–Trinajstić information content (AvgIpc) is 3.49. The maximum absolute atomic E-state index is 13.3. The van der Waals surface area contributed by atoms with E-state index in [9.17, 15) is 23.2 Å². The molecule has 5 rings (SSSR count). The van der Waals surface area contributed by atoms with Gasteiger partial charge in [0.15, 0.2) is 5.78 Å². The summed E-state index contributed by atoms with van der Waals surface area (Å²) in [4.78, 5) is 17.0. The molecule has 0 saturated heterocycles. The third-order valence-corrected chi connectivity index (χ3v) is 7.26. The van der Waals surface area contributed by atoms with Crippen molar-refractivity contribution in [2.75, 3.05) is 4.90 Å². The number of anilines is 1. The summed E-state index contributed by atoms with van der Waals surface area (Å²) in [6.07, 6.45) is 0.772. The number of carbonyl (C=O) groups excluding carboxylic acids is 1. The van der Waals surface area contributed by atoms with E-state index >= 15 is 0 Å². The number of allylic oxidation sites excluding steroid dienone is 3. The highest BCUT2D eigenvalue weighted by Crippen LogP contribution is 2.50. The van der Waals surface area contributed by atoms with Crippen molar-refractivity contribution in [2.24, 2.45) is 0 Å². The number of alkyl halides is 3. The number of hydrogen-bond acceptors (Lipinski definition) is 4. The summed E-state index contributed by atoms with van der Waals surface area (Å²) in [5.74, 6) is 0.0138. The first-order valence-electron chi connectivity index (χ1n) is 10.9. The third-order valence-electron chi connectivity index (χ3n) is 6.20. The molecule has 1 aliphatic carbocycles. The normalized spacial score (nSPS) is 18.9. The van der Waals surface area contributed by atoms with Crippen molar-refractivity contribution in [3.63, 3.8) is 0 Å². The summed E-state index contributed by atoms with van der Waals surface area (Å²) in [5, 5.41) is 10.4. The zero-order chi connectivity index (χ0) is 24.0. The number of carbonyl (C=O) groups is 1. The Morgan fingerprint density at radius 3 is 2.35 bits per heavy atom. The number of thiophene rings is 1. The number of halogens is 3. The smallest absolute Gasteiger partial charge is 0.309 e. The minimum absolute atomic E-state index is 0.0199. The second kappa shape index (κ2) is 8.33. The van der Waals surface area contributed by atoms with E-state index in [1.807, 2.05) is 31.2 Å². The molecule has 172 valence electrons. The lowest BCUT2D eigenvalue weighted by molar-refractivity contribution is -0.137. The van der Waals surface area contributed by atoms with Crippen molar-refractivity contribution in [2.45, 2.75) is 38.3 Å². The van der Waals surface area contributed by atoms with E-state index in [0.717, 1.165) is 27.6 Å². The Balaban J connectivity index is 1.79. The molecule has 8 heteroatoms. The van der Waals surface area contributed by atoms with Crippen molar-refractivity contribution >= 4 is 28.6 Å². The topological polar surface area (TPSA) is 49.0 Å². The lowest BCUT2D eigenvalue weighted by atomic mass is 9.78. The maximum Gasteiger partial charge on any atom is 0.416 e. The summed E-state index contributed by atoms with van der Waals surface area (Å²) in [5.41, 5.74) is 1.44. The number of rotatable bonds is 3. The summed E-state index contributed by atoms with van der Waals surface area (Å²) in [6, 6.07) is 14.8. The monoisotopic (exact) mass is 479 g/mol. The molecule has 0 amide bonds. The first-order chi connectivity index (χ1) is 16.3. The first-order valence-corrected chi connectivity index (χ1v) is 11.7. The van der Waals surface area contributed by atoms with Crippen molar-refractivity contribution in [1.29, 1.82) is 5.26 Å². The highest BCUT2D eigenvalue weighted by Gasteiger charge is 2.42. The Morgan fingerprint density at radius 2 is 1.76 bits per heavy atom. The molecule has 1 aromatic carbocycles. The Hall–Kier alpha value is -3.57. The van der Waals surface area contributed by atoms with E-state index in [1.54, 1.807) is 33.2 Å². The highest BCUT2D eigenvalue weighted by atomic mass is 32.1. The first kappa shape index (κ1) is 22.2. The van der Waals surface area contributed by atoms with E-state index < -0.39 is 17.7 Å². The largest absolute Gasteiger partial charge is 0.416 e. The molecule has 34 heavy (non-hydrogen) atoms. The van der Waals surface area contributed by atoms with Crippen molar-refractivity contribution in [1.82, 2.24) is 4.57 Å². The Bertz CT molecular complexity index is 1360. The molecule has 0 bridgehead atoms. The fourth-order valence-electron chi connectivity index (χ4n) is 4.74. The molecule has 1 atom stereocenters. The molecular weight excluding hydrogens is 459 g/mol. The predicted octanol–water partition coefficient (Wildman–Crippen LogP) is 6.88. The van der Waals surface area contributed by atoms with Crippen LogP contribution in [0.3, 0.4) is 0 Å². The van der Waals surface area contributed by atoms with Gasteiger partial charge < -0.3 is 4.57 Å². The van der Waals surface area contributed by atoms with Crippen LogP contribution in [0.15, 0.2) is 77.8 Å². The lowest BCUT2D eigenvalue weighted by Crippen LogP contribution is -2.36. The van der Waals surface area contributed by atoms with Gasteiger partial charge in [0, 0.05) is 45.5 Å². The number of ketones is 1. The molecule has 2 aliphatic rings. The minimum atomic E-state index is -4.45. The van der Waals surface area contributed by atoms with Crippen molar-refractivity contribution < 1.29 is 18.0 Å². The summed E-state index contributed by atoms with van der Waals surface area (Å²) < 4.78 is 41.4. The molecule has 0 spiro atoms. The minimum Gasteiger partial charge on any atom is -0.309 e. The van der Waals surface area contributed by atoms with E-state index in [-0.39, 0.29) is 5.78 Å². The second-order valence-corrected chi connectivity index (χ2v) is 9.66. The van der Waals surface area contributed by atoms with Crippen LogP contribution in [0.2, 0.25) is 0 Å². The number of benzene rings is 1. The van der Waals surface area contributed by atoms with Crippen LogP contribution in [0.1, 0.15) is 40.5 Å². The highest BCUT2D eigenvalue weighted by molar-refractivity contribution is 7.12. The number of aromatic nitrogens is 1. The van der Waals surface area contributed by atoms with Gasteiger partial charge in [-0.2, -0.15) is 18.4 Å². The zero-order valence-electron chi connectivity index (χ0n) is 18.3. The van der Waals surface area contributed by atoms with Gasteiger partial charge in [-0.25, -0.2) is 0 Å². The zero-order valence-corrected chi connectivity index (χ0v) is 19.1. The Labute approximate surface area is 198 Å². The molecule has 0 radical (unpaired) electrons. The second-order valence-electron chi connectivity index (χ2n) is 8.34. The number of aryl methyl sites for hydroxylation is 1. The fourth-order valence-corrected chi connectivity index (χ4v) is 5.74. The van der Waals surface area contributed by atoms with Crippen molar-refractivity contribution in [3.05, 3.63) is 93.1 Å². The molecule has 3 heterocycles. The number of nitriles is 1. The number of hydrogen-bond donors (Lipinski definition) is 0. The maximum atomic E-state index is 13.3. The average molecular weight is 480 g/mol. The van der Waals surface area contributed by atoms with Gasteiger partial charge in [-0.15, -0.1) is 11.3 Å². The Morgan fingerprint density at radius 1 is 1.06 bits per heavy atom.